The second-order valence-corrected chi connectivity index (χ2v) is 10.9. The van der Waals surface area contributed by atoms with Crippen LogP contribution in [0.1, 0.15) is 32.8 Å². The molecule has 1 rings (SSSR count). The Kier molecular flexibility index (Phi) is 7.55. The molecule has 0 fully saturated rings. The summed E-state index contributed by atoms with van der Waals surface area (Å²) in [7, 11) is -1.55. The Morgan fingerprint density at radius 3 is 2.44 bits per heavy atom. The van der Waals surface area contributed by atoms with Crippen LogP contribution in [0.2, 0.25) is 18.1 Å². The first-order valence-corrected chi connectivity index (χ1v) is 9.33. The number of hydrogen-bond donors (Lipinski definition) is 0. The standard InChI is InChI=1S/C15H25OSi.Li/c1-15(2,3)17(4,5)16-13-9-12-14-10-7-6-8-11-14;/h6-7,10-11H,9,12-13H2,1-5H3;/q-1;+1. The third-order valence-electron chi connectivity index (χ3n) is 3.65. The first kappa shape index (κ1) is 18.0. The molecule has 96 valence electrons. The third kappa shape index (κ3) is 5.76. The van der Waals surface area contributed by atoms with E-state index in [2.05, 4.69) is 52.1 Å². The molecule has 0 saturated carbocycles. The van der Waals surface area contributed by atoms with Crippen LogP contribution in [0.4, 0.5) is 0 Å². The zero-order valence-corrected chi connectivity index (χ0v) is 13.8. The molecule has 0 aliphatic heterocycles. The van der Waals surface area contributed by atoms with Crippen molar-refractivity contribution in [2.45, 2.75) is 51.7 Å². The number of aryl methyl sites for hydroxylation is 1. The van der Waals surface area contributed by atoms with Gasteiger partial charge in [0.2, 0.25) is 0 Å². The van der Waals surface area contributed by atoms with Gasteiger partial charge in [0, 0.05) is 6.61 Å². The SMILES string of the molecule is CC(C)(C)[Si](C)(C)OCCCc1c[c-]ccc1.[Li+]. The molecule has 0 radical (unpaired) electrons. The predicted molar refractivity (Wildman–Crippen MR) is 76.7 cm³/mol. The first-order valence-electron chi connectivity index (χ1n) is 6.42. The summed E-state index contributed by atoms with van der Waals surface area (Å²) in [4.78, 5) is 0. The van der Waals surface area contributed by atoms with Crippen molar-refractivity contribution in [2.75, 3.05) is 6.61 Å². The Morgan fingerprint density at radius 1 is 1.28 bits per heavy atom. The van der Waals surface area contributed by atoms with Gasteiger partial charge in [0.25, 0.3) is 0 Å². The zero-order valence-electron chi connectivity index (χ0n) is 12.8. The van der Waals surface area contributed by atoms with Gasteiger partial charge in [0.1, 0.15) is 0 Å². The molecule has 0 N–H and O–H groups in total. The van der Waals surface area contributed by atoms with Crippen LogP contribution in [0.5, 0.6) is 0 Å². The van der Waals surface area contributed by atoms with Gasteiger partial charge >= 0.3 is 18.9 Å². The van der Waals surface area contributed by atoms with Crippen molar-refractivity contribution < 1.29 is 23.3 Å². The fourth-order valence-electron chi connectivity index (χ4n) is 1.41. The van der Waals surface area contributed by atoms with Crippen LogP contribution in [0.3, 0.4) is 0 Å². The van der Waals surface area contributed by atoms with E-state index in [0.717, 1.165) is 19.4 Å². The van der Waals surface area contributed by atoms with E-state index >= 15 is 0 Å². The van der Waals surface area contributed by atoms with Gasteiger partial charge in [-0.2, -0.15) is 35.9 Å². The van der Waals surface area contributed by atoms with Crippen LogP contribution < -0.4 is 18.9 Å². The van der Waals surface area contributed by atoms with Gasteiger partial charge in [0.15, 0.2) is 8.32 Å². The second kappa shape index (κ2) is 7.55. The largest absolute Gasteiger partial charge is 1.00 e. The fraction of sp³-hybridized carbons (Fsp3) is 0.600. The summed E-state index contributed by atoms with van der Waals surface area (Å²) >= 11 is 0. The summed E-state index contributed by atoms with van der Waals surface area (Å²) in [5, 5.41) is 0.313. The van der Waals surface area contributed by atoms with Gasteiger partial charge in [-0.15, -0.1) is 0 Å². The minimum atomic E-state index is -1.55. The smallest absolute Gasteiger partial charge is 0.417 e. The van der Waals surface area contributed by atoms with Crippen LogP contribution in [-0.2, 0) is 10.8 Å². The van der Waals surface area contributed by atoms with Crippen molar-refractivity contribution in [2.24, 2.45) is 0 Å². The average molecular weight is 256 g/mol. The maximum atomic E-state index is 6.14. The molecule has 0 bridgehead atoms. The third-order valence-corrected chi connectivity index (χ3v) is 8.19. The van der Waals surface area contributed by atoms with Gasteiger partial charge in [-0.05, 0) is 24.6 Å². The molecule has 0 aliphatic rings. The fourth-order valence-corrected chi connectivity index (χ4v) is 2.49. The molecule has 0 saturated heterocycles. The van der Waals surface area contributed by atoms with E-state index in [9.17, 15) is 0 Å². The maximum absolute atomic E-state index is 6.14. The topological polar surface area (TPSA) is 9.23 Å². The van der Waals surface area contributed by atoms with Crippen molar-refractivity contribution in [3.63, 3.8) is 0 Å². The molecule has 0 aromatic heterocycles. The molecule has 0 spiro atoms. The summed E-state index contributed by atoms with van der Waals surface area (Å²) in [6.07, 6.45) is 2.19. The normalized spacial score (nSPS) is 12.1. The van der Waals surface area contributed by atoms with E-state index in [1.54, 1.807) is 0 Å². The molecule has 0 atom stereocenters. The van der Waals surface area contributed by atoms with Crippen LogP contribution in [0, 0.1) is 6.07 Å². The van der Waals surface area contributed by atoms with Crippen LogP contribution in [0.25, 0.3) is 0 Å². The molecular formula is C15H25LiOSi. The molecule has 3 heteroatoms. The van der Waals surface area contributed by atoms with Crippen molar-refractivity contribution in [3.8, 4) is 0 Å². The monoisotopic (exact) mass is 256 g/mol. The van der Waals surface area contributed by atoms with Crippen LogP contribution >= 0.6 is 0 Å². The quantitative estimate of drug-likeness (QED) is 0.440. The summed E-state index contributed by atoms with van der Waals surface area (Å²) in [6.45, 7) is 12.3. The molecule has 0 aliphatic carbocycles. The van der Waals surface area contributed by atoms with E-state index in [1.165, 1.54) is 5.56 Å². The molecule has 1 aromatic rings. The van der Waals surface area contributed by atoms with Gasteiger partial charge in [0.05, 0.1) is 0 Å². The molecule has 1 aromatic carbocycles. The van der Waals surface area contributed by atoms with E-state index in [0.29, 0.717) is 5.04 Å². The minimum Gasteiger partial charge on any atom is -0.417 e. The molecule has 18 heavy (non-hydrogen) atoms. The van der Waals surface area contributed by atoms with E-state index in [1.807, 2.05) is 12.1 Å². The number of benzene rings is 1. The van der Waals surface area contributed by atoms with Crippen LogP contribution in [0.15, 0.2) is 24.3 Å². The Bertz CT molecular complexity index is 330. The van der Waals surface area contributed by atoms with Crippen LogP contribution in [-0.4, -0.2) is 14.9 Å². The van der Waals surface area contributed by atoms with Crippen molar-refractivity contribution in [1.82, 2.24) is 0 Å². The van der Waals surface area contributed by atoms with E-state index in [4.69, 9.17) is 4.43 Å². The molecule has 0 unspecified atom stereocenters. The van der Waals surface area contributed by atoms with Crippen molar-refractivity contribution >= 4 is 8.32 Å². The Morgan fingerprint density at radius 2 is 1.94 bits per heavy atom. The van der Waals surface area contributed by atoms with Gasteiger partial charge in [-0.25, -0.2) is 0 Å². The summed E-state index contributed by atoms with van der Waals surface area (Å²) in [5.74, 6) is 0. The molecule has 0 amide bonds. The second-order valence-electron chi connectivity index (χ2n) is 6.12. The Hall–Kier alpha value is -0.00571. The maximum Gasteiger partial charge on any atom is 1.00 e. The molecule has 1 nitrogen and oxygen atoms in total. The number of hydrogen-bond acceptors (Lipinski definition) is 1. The molecular weight excluding hydrogens is 231 g/mol. The average Bonchev–Trinajstić information content (AvgIpc) is 2.24. The predicted octanol–water partition coefficient (Wildman–Crippen LogP) is 1.45. The van der Waals surface area contributed by atoms with E-state index < -0.39 is 8.32 Å². The van der Waals surface area contributed by atoms with Crippen molar-refractivity contribution in [1.29, 1.82) is 0 Å². The first-order chi connectivity index (χ1) is 7.83. The Labute approximate surface area is 126 Å². The van der Waals surface area contributed by atoms with Crippen molar-refractivity contribution in [3.05, 3.63) is 35.9 Å². The Balaban J connectivity index is 0.00000289. The molecule has 0 heterocycles. The van der Waals surface area contributed by atoms with Gasteiger partial charge in [-0.1, -0.05) is 27.2 Å². The summed E-state index contributed by atoms with van der Waals surface area (Å²) in [6, 6.07) is 11.3. The summed E-state index contributed by atoms with van der Waals surface area (Å²) < 4.78 is 6.14. The summed E-state index contributed by atoms with van der Waals surface area (Å²) in [5.41, 5.74) is 1.35. The van der Waals surface area contributed by atoms with E-state index in [-0.39, 0.29) is 18.9 Å². The minimum absolute atomic E-state index is 0. The van der Waals surface area contributed by atoms with Gasteiger partial charge < -0.3 is 4.43 Å². The number of rotatable bonds is 5. The zero-order chi connectivity index (χ0) is 12.9. The van der Waals surface area contributed by atoms with Gasteiger partial charge in [-0.3, -0.25) is 0 Å².